The Bertz CT molecular complexity index is 1140. The number of aryl methyl sites for hydroxylation is 2. The molecule has 0 saturated heterocycles. The Labute approximate surface area is 204 Å². The van der Waals surface area contributed by atoms with E-state index in [1.165, 1.54) is 16.7 Å². The van der Waals surface area contributed by atoms with E-state index in [9.17, 15) is 4.79 Å². The number of Topliss-reactive ketones (excluding diaryl/α,β-unsaturated/α-hetero) is 1. The highest BCUT2D eigenvalue weighted by molar-refractivity contribution is 6.02. The van der Waals surface area contributed by atoms with Crippen molar-refractivity contribution in [1.82, 2.24) is 9.78 Å². The molecule has 34 heavy (non-hydrogen) atoms. The molecule has 1 atom stereocenters. The summed E-state index contributed by atoms with van der Waals surface area (Å²) in [5.74, 6) is 1.07. The molecule has 0 amide bonds. The molecule has 4 rings (SSSR count). The molecule has 0 unspecified atom stereocenters. The van der Waals surface area contributed by atoms with Gasteiger partial charge in [0.15, 0.2) is 5.78 Å². The quantitative estimate of drug-likeness (QED) is 0.356. The summed E-state index contributed by atoms with van der Waals surface area (Å²) in [5.41, 5.74) is 5.28. The maximum Gasteiger partial charge on any atom is 0.168 e. The Morgan fingerprint density at radius 1 is 1.06 bits per heavy atom. The minimum absolute atomic E-state index is 0.0176. The fourth-order valence-corrected chi connectivity index (χ4v) is 5.66. The lowest BCUT2D eigenvalue weighted by atomic mass is 9.72. The summed E-state index contributed by atoms with van der Waals surface area (Å²) in [6.07, 6.45) is 4.32. The highest BCUT2D eigenvalue weighted by atomic mass is 16.1. The van der Waals surface area contributed by atoms with E-state index >= 15 is 0 Å². The molecule has 1 N–H and O–H groups in total. The molecule has 0 spiro atoms. The third kappa shape index (κ3) is 4.43. The number of benzene rings is 2. The first-order valence-electron chi connectivity index (χ1n) is 12.7. The van der Waals surface area contributed by atoms with Crippen LogP contribution in [-0.2, 0) is 11.0 Å². The summed E-state index contributed by atoms with van der Waals surface area (Å²) in [6, 6.07) is 19.5. The number of anilines is 1. The van der Waals surface area contributed by atoms with Crippen LogP contribution in [0.15, 0.2) is 54.6 Å². The van der Waals surface area contributed by atoms with Gasteiger partial charge in [-0.05, 0) is 69.9 Å². The number of nitrogens with one attached hydrogen (secondary N) is 1. The highest BCUT2D eigenvalue weighted by Gasteiger charge is 2.38. The van der Waals surface area contributed by atoms with Crippen LogP contribution in [0.5, 0.6) is 0 Å². The van der Waals surface area contributed by atoms with Gasteiger partial charge in [0, 0.05) is 6.42 Å². The molecule has 0 bridgehead atoms. The summed E-state index contributed by atoms with van der Waals surface area (Å²) in [5, 5.41) is 8.52. The Hall–Kier alpha value is -2.88. The summed E-state index contributed by atoms with van der Waals surface area (Å²) < 4.78 is 2.04. The van der Waals surface area contributed by atoms with Crippen molar-refractivity contribution in [3.8, 4) is 0 Å². The van der Waals surface area contributed by atoms with Crippen LogP contribution in [0.3, 0.4) is 0 Å². The van der Waals surface area contributed by atoms with Crippen LogP contribution in [0, 0.1) is 13.8 Å². The van der Waals surface area contributed by atoms with E-state index in [0.29, 0.717) is 6.42 Å². The van der Waals surface area contributed by atoms with Gasteiger partial charge in [-0.15, -0.1) is 0 Å². The normalized spacial score (nSPS) is 17.2. The molecule has 0 fully saturated rings. The maximum absolute atomic E-state index is 13.7. The zero-order chi connectivity index (χ0) is 24.5. The number of nitrogens with zero attached hydrogens (tertiary/aromatic N) is 2. The Morgan fingerprint density at radius 3 is 2.32 bits per heavy atom. The number of rotatable bonds is 8. The summed E-state index contributed by atoms with van der Waals surface area (Å²) in [7, 11) is 0. The molecule has 0 saturated carbocycles. The molecule has 2 aromatic carbocycles. The minimum atomic E-state index is -0.178. The number of fused-ring (bicyclic) bond motifs is 1. The second kappa shape index (κ2) is 9.40. The molecule has 4 nitrogen and oxygen atoms in total. The maximum atomic E-state index is 13.7. The van der Waals surface area contributed by atoms with Gasteiger partial charge < -0.3 is 5.32 Å². The third-order valence-corrected chi connectivity index (χ3v) is 7.98. The highest BCUT2D eigenvalue weighted by Crippen LogP contribution is 2.42. The van der Waals surface area contributed by atoms with Gasteiger partial charge >= 0.3 is 0 Å². The number of ketones is 1. The predicted octanol–water partition coefficient (Wildman–Crippen LogP) is 7.51. The minimum Gasteiger partial charge on any atom is -0.363 e. The molecule has 180 valence electrons. The van der Waals surface area contributed by atoms with Crippen LogP contribution < -0.4 is 5.32 Å². The molecule has 4 heteroatoms. The summed E-state index contributed by atoms with van der Waals surface area (Å²) in [4.78, 5) is 13.7. The predicted molar refractivity (Wildman–Crippen MR) is 141 cm³/mol. The van der Waals surface area contributed by atoms with E-state index < -0.39 is 0 Å². The fraction of sp³-hybridized carbons (Fsp3) is 0.467. The SMILES string of the molecule is CCC(CC)(CCC(=O)c1c(C)nn2c1N[C@H](c1ccccc1)CC2(C)C)c1ccc(C)cc1. The molecule has 3 aromatic rings. The van der Waals surface area contributed by atoms with E-state index in [4.69, 9.17) is 5.10 Å². The second-order valence-corrected chi connectivity index (χ2v) is 10.6. The van der Waals surface area contributed by atoms with Gasteiger partial charge in [0.05, 0.1) is 22.8 Å². The lowest BCUT2D eigenvalue weighted by molar-refractivity contribution is 0.0968. The van der Waals surface area contributed by atoms with Gasteiger partial charge in [0.25, 0.3) is 0 Å². The zero-order valence-corrected chi connectivity index (χ0v) is 21.6. The largest absolute Gasteiger partial charge is 0.363 e. The van der Waals surface area contributed by atoms with Crippen molar-refractivity contribution in [1.29, 1.82) is 0 Å². The van der Waals surface area contributed by atoms with Crippen LogP contribution in [-0.4, -0.2) is 15.6 Å². The molecular weight excluding hydrogens is 418 g/mol. The molecule has 1 aromatic heterocycles. The van der Waals surface area contributed by atoms with E-state index in [1.54, 1.807) is 0 Å². The van der Waals surface area contributed by atoms with Crippen molar-refractivity contribution in [2.24, 2.45) is 0 Å². The van der Waals surface area contributed by atoms with Crippen molar-refractivity contribution in [3.63, 3.8) is 0 Å². The van der Waals surface area contributed by atoms with Gasteiger partial charge in [-0.25, -0.2) is 4.68 Å². The van der Waals surface area contributed by atoms with Gasteiger partial charge in [-0.1, -0.05) is 74.0 Å². The number of carbonyl (C=O) groups is 1. The lowest BCUT2D eigenvalue weighted by Gasteiger charge is -2.38. The first kappa shape index (κ1) is 24.3. The fourth-order valence-electron chi connectivity index (χ4n) is 5.66. The van der Waals surface area contributed by atoms with E-state index in [0.717, 1.165) is 42.8 Å². The van der Waals surface area contributed by atoms with Gasteiger partial charge in [0.1, 0.15) is 5.82 Å². The van der Waals surface area contributed by atoms with Crippen molar-refractivity contribution < 1.29 is 4.79 Å². The van der Waals surface area contributed by atoms with E-state index in [-0.39, 0.29) is 22.8 Å². The van der Waals surface area contributed by atoms with E-state index in [1.807, 2.05) is 17.7 Å². The van der Waals surface area contributed by atoms with Crippen molar-refractivity contribution in [2.45, 2.75) is 90.6 Å². The smallest absolute Gasteiger partial charge is 0.168 e. The van der Waals surface area contributed by atoms with Crippen LogP contribution in [0.25, 0.3) is 0 Å². The molecule has 1 aliphatic rings. The average Bonchev–Trinajstić information content (AvgIpc) is 3.18. The van der Waals surface area contributed by atoms with Crippen LogP contribution in [0.1, 0.15) is 98.6 Å². The number of hydrogen-bond acceptors (Lipinski definition) is 3. The average molecular weight is 458 g/mol. The number of hydrogen-bond donors (Lipinski definition) is 1. The molecule has 2 heterocycles. The number of aromatic nitrogens is 2. The standard InChI is InChI=1S/C30H39N3O/c1-7-30(8-2,24-16-14-21(3)15-17-24)19-18-26(34)27-22(4)32-33-28(27)31-25(20-29(33,5)6)23-12-10-9-11-13-23/h9-17,25,31H,7-8,18-20H2,1-6H3/t25-/m0/s1. The number of carbonyl (C=O) groups excluding carboxylic acids is 1. The molecule has 0 aliphatic carbocycles. The van der Waals surface area contributed by atoms with Crippen molar-refractivity contribution in [3.05, 3.63) is 82.5 Å². The van der Waals surface area contributed by atoms with E-state index in [2.05, 4.69) is 88.5 Å². The first-order chi connectivity index (χ1) is 16.2. The Kier molecular flexibility index (Phi) is 6.71. The van der Waals surface area contributed by atoms with Crippen LogP contribution in [0.2, 0.25) is 0 Å². The Balaban J connectivity index is 1.62. The van der Waals surface area contributed by atoms with Crippen LogP contribution in [0.4, 0.5) is 5.82 Å². The molecular formula is C30H39N3O. The topological polar surface area (TPSA) is 46.9 Å². The van der Waals surface area contributed by atoms with Crippen molar-refractivity contribution in [2.75, 3.05) is 5.32 Å². The summed E-state index contributed by atoms with van der Waals surface area (Å²) >= 11 is 0. The van der Waals surface area contributed by atoms with Crippen molar-refractivity contribution >= 4 is 11.6 Å². The molecule has 1 aliphatic heterocycles. The van der Waals surface area contributed by atoms with Gasteiger partial charge in [-0.2, -0.15) is 5.10 Å². The Morgan fingerprint density at radius 2 is 1.71 bits per heavy atom. The lowest BCUT2D eigenvalue weighted by Crippen LogP contribution is -2.38. The van der Waals surface area contributed by atoms with Gasteiger partial charge in [0.2, 0.25) is 0 Å². The zero-order valence-electron chi connectivity index (χ0n) is 21.6. The van der Waals surface area contributed by atoms with Crippen LogP contribution >= 0.6 is 0 Å². The first-order valence-corrected chi connectivity index (χ1v) is 12.7. The monoisotopic (exact) mass is 457 g/mol. The third-order valence-electron chi connectivity index (χ3n) is 7.98. The van der Waals surface area contributed by atoms with Gasteiger partial charge in [-0.3, -0.25) is 4.79 Å². The molecule has 0 radical (unpaired) electrons. The summed E-state index contributed by atoms with van der Waals surface area (Å²) in [6.45, 7) is 13.0. The second-order valence-electron chi connectivity index (χ2n) is 10.6.